The first-order valence-corrected chi connectivity index (χ1v) is 12.2. The van der Waals surface area contributed by atoms with Crippen molar-refractivity contribution in [1.29, 1.82) is 0 Å². The Labute approximate surface area is 201 Å². The largest absolute Gasteiger partial charge is 0.272 e. The van der Waals surface area contributed by atoms with Crippen molar-refractivity contribution < 1.29 is 4.79 Å². The second-order valence-electron chi connectivity index (χ2n) is 8.31. The van der Waals surface area contributed by atoms with Crippen molar-refractivity contribution in [2.45, 2.75) is 25.4 Å². The standard InChI is InChI=1S/C27H24N4O2S/c1-18-12-13-19(2)24(16-18)31-26(33)21-10-6-7-11-23(21)28-27(31)34-17-25(32)30-15-14-22(29-30)20-8-4-3-5-9-20/h3-13,16H,14-15,17H2,1-2H3. The summed E-state index contributed by atoms with van der Waals surface area (Å²) in [6, 6.07) is 23.2. The summed E-state index contributed by atoms with van der Waals surface area (Å²) in [7, 11) is 0. The third kappa shape index (κ3) is 4.26. The zero-order chi connectivity index (χ0) is 23.7. The number of carbonyl (C=O) groups is 1. The Balaban J connectivity index is 1.47. The van der Waals surface area contributed by atoms with Gasteiger partial charge >= 0.3 is 0 Å². The van der Waals surface area contributed by atoms with E-state index in [1.165, 1.54) is 16.8 Å². The fourth-order valence-electron chi connectivity index (χ4n) is 4.05. The van der Waals surface area contributed by atoms with Crippen molar-refractivity contribution in [2.75, 3.05) is 12.3 Å². The van der Waals surface area contributed by atoms with Crippen LogP contribution in [0, 0.1) is 13.8 Å². The fourth-order valence-corrected chi connectivity index (χ4v) is 4.93. The molecular formula is C27H24N4O2S. The Morgan fingerprint density at radius 3 is 2.59 bits per heavy atom. The van der Waals surface area contributed by atoms with Gasteiger partial charge in [-0.3, -0.25) is 14.2 Å². The van der Waals surface area contributed by atoms with Crippen molar-refractivity contribution in [3.63, 3.8) is 0 Å². The SMILES string of the molecule is Cc1ccc(C)c(-n2c(SCC(=O)N3CCC(c4ccccc4)=N3)nc3ccccc3c2=O)c1. The highest BCUT2D eigenvalue weighted by Crippen LogP contribution is 2.25. The Bertz CT molecular complexity index is 1480. The molecule has 1 aliphatic heterocycles. The van der Waals surface area contributed by atoms with E-state index in [4.69, 9.17) is 4.98 Å². The van der Waals surface area contributed by atoms with Crippen molar-refractivity contribution in [1.82, 2.24) is 14.6 Å². The average Bonchev–Trinajstić information content (AvgIpc) is 3.36. The Kier molecular flexibility index (Phi) is 6.02. The van der Waals surface area contributed by atoms with Crippen LogP contribution in [0.25, 0.3) is 16.6 Å². The van der Waals surface area contributed by atoms with Crippen LogP contribution in [0.15, 0.2) is 87.8 Å². The van der Waals surface area contributed by atoms with Gasteiger partial charge < -0.3 is 0 Å². The quantitative estimate of drug-likeness (QED) is 0.314. The van der Waals surface area contributed by atoms with E-state index in [0.717, 1.165) is 34.5 Å². The summed E-state index contributed by atoms with van der Waals surface area (Å²) in [5.41, 5.74) is 5.22. The van der Waals surface area contributed by atoms with Crippen molar-refractivity contribution in [3.8, 4) is 5.69 Å². The van der Waals surface area contributed by atoms with E-state index in [1.54, 1.807) is 10.6 Å². The molecule has 0 atom stereocenters. The number of hydrazone groups is 1. The molecule has 3 aromatic carbocycles. The van der Waals surface area contributed by atoms with Crippen molar-refractivity contribution in [2.24, 2.45) is 5.10 Å². The van der Waals surface area contributed by atoms with Crippen LogP contribution in [0.5, 0.6) is 0 Å². The summed E-state index contributed by atoms with van der Waals surface area (Å²) >= 11 is 1.27. The highest BCUT2D eigenvalue weighted by molar-refractivity contribution is 7.99. The minimum atomic E-state index is -0.139. The average molecular weight is 469 g/mol. The number of amides is 1. The monoisotopic (exact) mass is 468 g/mol. The molecular weight excluding hydrogens is 444 g/mol. The highest BCUT2D eigenvalue weighted by atomic mass is 32.2. The molecule has 170 valence electrons. The molecule has 5 rings (SSSR count). The van der Waals surface area contributed by atoms with Gasteiger partial charge in [-0.05, 0) is 48.7 Å². The molecule has 0 bridgehead atoms. The van der Waals surface area contributed by atoms with Crippen molar-refractivity contribution >= 4 is 34.3 Å². The van der Waals surface area contributed by atoms with Crippen LogP contribution in [-0.4, -0.2) is 38.5 Å². The predicted molar refractivity (Wildman–Crippen MR) is 137 cm³/mol. The summed E-state index contributed by atoms with van der Waals surface area (Å²) in [5.74, 6) is 0.0344. The Morgan fingerprint density at radius 2 is 1.76 bits per heavy atom. The number of aromatic nitrogens is 2. The molecule has 0 saturated carbocycles. The molecule has 7 heteroatoms. The number of carbonyl (C=O) groups excluding carboxylic acids is 1. The van der Waals surface area contributed by atoms with Crippen LogP contribution in [0.3, 0.4) is 0 Å². The van der Waals surface area contributed by atoms with Gasteiger partial charge in [0.05, 0.1) is 34.6 Å². The smallest absolute Gasteiger partial charge is 0.266 e. The molecule has 0 radical (unpaired) electrons. The second kappa shape index (κ2) is 9.27. The van der Waals surface area contributed by atoms with Gasteiger partial charge in [-0.2, -0.15) is 5.10 Å². The van der Waals surface area contributed by atoms with Gasteiger partial charge in [-0.1, -0.05) is 66.4 Å². The molecule has 0 N–H and O–H groups in total. The molecule has 0 spiro atoms. The van der Waals surface area contributed by atoms with Gasteiger partial charge in [0, 0.05) is 6.42 Å². The maximum Gasteiger partial charge on any atom is 0.266 e. The lowest BCUT2D eigenvalue weighted by Crippen LogP contribution is -2.27. The maximum atomic E-state index is 13.5. The molecule has 0 saturated heterocycles. The maximum absolute atomic E-state index is 13.5. The van der Waals surface area contributed by atoms with Crippen LogP contribution in [-0.2, 0) is 4.79 Å². The number of hydrogen-bond acceptors (Lipinski definition) is 5. The number of rotatable bonds is 5. The van der Waals surface area contributed by atoms with Gasteiger partial charge in [0.15, 0.2) is 5.16 Å². The molecule has 2 heterocycles. The second-order valence-corrected chi connectivity index (χ2v) is 9.25. The molecule has 0 fully saturated rings. The molecule has 4 aromatic rings. The lowest BCUT2D eigenvalue weighted by atomic mass is 10.1. The third-order valence-electron chi connectivity index (χ3n) is 5.87. The predicted octanol–water partition coefficient (Wildman–Crippen LogP) is 4.73. The minimum Gasteiger partial charge on any atom is -0.272 e. The number of benzene rings is 3. The van der Waals surface area contributed by atoms with Crippen LogP contribution >= 0.6 is 11.8 Å². The molecule has 1 aliphatic rings. The molecule has 0 aliphatic carbocycles. The van der Waals surface area contributed by atoms with E-state index in [1.807, 2.05) is 80.6 Å². The zero-order valence-electron chi connectivity index (χ0n) is 19.1. The van der Waals surface area contributed by atoms with Crippen molar-refractivity contribution in [3.05, 3.63) is 99.8 Å². The topological polar surface area (TPSA) is 67.6 Å². The number of fused-ring (bicyclic) bond motifs is 1. The summed E-state index contributed by atoms with van der Waals surface area (Å²) in [6.07, 6.45) is 0.724. The summed E-state index contributed by atoms with van der Waals surface area (Å²) in [6.45, 7) is 4.52. The molecule has 6 nitrogen and oxygen atoms in total. The molecule has 0 unspecified atom stereocenters. The first kappa shape index (κ1) is 22.1. The van der Waals surface area contributed by atoms with Gasteiger partial charge in [0.25, 0.3) is 11.5 Å². The highest BCUT2D eigenvalue weighted by Gasteiger charge is 2.23. The van der Waals surface area contributed by atoms with Crippen LogP contribution < -0.4 is 5.56 Å². The molecule has 34 heavy (non-hydrogen) atoms. The number of aryl methyl sites for hydroxylation is 2. The van der Waals surface area contributed by atoms with Crippen LogP contribution in [0.2, 0.25) is 0 Å². The van der Waals surface area contributed by atoms with Gasteiger partial charge in [0.2, 0.25) is 0 Å². The van der Waals surface area contributed by atoms with E-state index in [-0.39, 0.29) is 17.2 Å². The lowest BCUT2D eigenvalue weighted by Gasteiger charge is -2.16. The molecule has 1 aromatic heterocycles. The Hall–Kier alpha value is -3.71. The Morgan fingerprint density at radius 1 is 1.00 bits per heavy atom. The normalized spacial score (nSPS) is 13.4. The summed E-state index contributed by atoms with van der Waals surface area (Å²) < 4.78 is 1.63. The zero-order valence-corrected chi connectivity index (χ0v) is 19.9. The summed E-state index contributed by atoms with van der Waals surface area (Å²) in [5, 5.41) is 7.12. The van der Waals surface area contributed by atoms with E-state index in [9.17, 15) is 9.59 Å². The van der Waals surface area contributed by atoms with Gasteiger partial charge in [-0.25, -0.2) is 9.99 Å². The fraction of sp³-hybridized carbons (Fsp3) is 0.185. The van der Waals surface area contributed by atoms with Gasteiger partial charge in [-0.15, -0.1) is 0 Å². The lowest BCUT2D eigenvalue weighted by molar-refractivity contribution is -0.127. The number of thioether (sulfide) groups is 1. The summed E-state index contributed by atoms with van der Waals surface area (Å²) in [4.78, 5) is 31.3. The minimum absolute atomic E-state index is 0.106. The van der Waals surface area contributed by atoms with E-state index in [2.05, 4.69) is 5.10 Å². The van der Waals surface area contributed by atoms with E-state index in [0.29, 0.717) is 22.6 Å². The van der Waals surface area contributed by atoms with Gasteiger partial charge in [0.1, 0.15) is 0 Å². The number of nitrogens with zero attached hydrogens (tertiary/aromatic N) is 4. The third-order valence-corrected chi connectivity index (χ3v) is 6.80. The number of para-hydroxylation sites is 1. The van der Waals surface area contributed by atoms with E-state index >= 15 is 0 Å². The molecule has 1 amide bonds. The van der Waals surface area contributed by atoms with E-state index < -0.39 is 0 Å². The first-order valence-electron chi connectivity index (χ1n) is 11.2. The van der Waals surface area contributed by atoms with Crippen LogP contribution in [0.4, 0.5) is 0 Å². The first-order chi connectivity index (χ1) is 16.5. The number of hydrogen-bond donors (Lipinski definition) is 0. The van der Waals surface area contributed by atoms with Crippen LogP contribution in [0.1, 0.15) is 23.1 Å².